The molecule has 0 spiro atoms. The summed E-state index contributed by atoms with van der Waals surface area (Å²) in [5.41, 5.74) is 0.520. The molecular weight excluding hydrogens is 136 g/mol. The van der Waals surface area contributed by atoms with E-state index >= 15 is 0 Å². The topological polar surface area (TPSA) is 20.2 Å². The first kappa shape index (κ1) is 9.05. The number of aliphatic hydroxyl groups excluding tert-OH is 1. The van der Waals surface area contributed by atoms with Crippen LogP contribution in [-0.2, 0) is 0 Å². The van der Waals surface area contributed by atoms with Gasteiger partial charge in [0.05, 0.1) is 6.61 Å². The van der Waals surface area contributed by atoms with E-state index in [1.54, 1.807) is 0 Å². The normalized spacial score (nSPS) is 30.3. The maximum absolute atomic E-state index is 8.66. The fraction of sp³-hybridized carbons (Fsp3) is 0.900. The summed E-state index contributed by atoms with van der Waals surface area (Å²) in [4.78, 5) is 0. The highest BCUT2D eigenvalue weighted by molar-refractivity contribution is 4.80. The van der Waals surface area contributed by atoms with Gasteiger partial charge in [-0.2, -0.15) is 0 Å². The summed E-state index contributed by atoms with van der Waals surface area (Å²) in [7, 11) is 0. The van der Waals surface area contributed by atoms with Crippen molar-refractivity contribution < 1.29 is 5.11 Å². The molecule has 0 heterocycles. The SMILES string of the molecule is CC1(C)CCCC(C[CH]O)C1. The second-order valence-electron chi connectivity index (χ2n) is 4.54. The van der Waals surface area contributed by atoms with Crippen LogP contribution in [0.4, 0.5) is 0 Å². The molecule has 1 nitrogen and oxygen atoms in total. The molecule has 1 saturated carbocycles. The zero-order valence-electron chi connectivity index (χ0n) is 7.64. The van der Waals surface area contributed by atoms with Gasteiger partial charge < -0.3 is 5.11 Å². The molecule has 0 saturated heterocycles. The third-order valence-electron chi connectivity index (χ3n) is 2.75. The van der Waals surface area contributed by atoms with Crippen LogP contribution in [0.3, 0.4) is 0 Å². The van der Waals surface area contributed by atoms with Crippen molar-refractivity contribution in [3.63, 3.8) is 0 Å². The molecule has 0 aliphatic heterocycles. The second kappa shape index (κ2) is 3.57. The Bertz CT molecular complexity index is 116. The van der Waals surface area contributed by atoms with E-state index in [0.717, 1.165) is 12.3 Å². The van der Waals surface area contributed by atoms with Crippen molar-refractivity contribution in [3.8, 4) is 0 Å². The van der Waals surface area contributed by atoms with Crippen LogP contribution in [0.2, 0.25) is 0 Å². The third kappa shape index (κ3) is 2.82. The maximum atomic E-state index is 8.66. The smallest absolute Gasteiger partial charge is 0.0801 e. The number of rotatable bonds is 2. The lowest BCUT2D eigenvalue weighted by Gasteiger charge is -2.34. The minimum absolute atomic E-state index is 0.520. The standard InChI is InChI=1S/C10H19O/c1-10(2)6-3-4-9(8-10)5-7-11/h7,9,11H,3-6,8H2,1-2H3. The highest BCUT2D eigenvalue weighted by atomic mass is 16.3. The van der Waals surface area contributed by atoms with Gasteiger partial charge in [-0.3, -0.25) is 0 Å². The minimum atomic E-state index is 0.520. The van der Waals surface area contributed by atoms with E-state index in [9.17, 15) is 0 Å². The van der Waals surface area contributed by atoms with Crippen LogP contribution >= 0.6 is 0 Å². The van der Waals surface area contributed by atoms with Gasteiger partial charge in [0.25, 0.3) is 0 Å². The molecule has 1 rings (SSSR count). The van der Waals surface area contributed by atoms with Gasteiger partial charge in [0.1, 0.15) is 0 Å². The van der Waals surface area contributed by atoms with Crippen LogP contribution in [0, 0.1) is 17.9 Å². The van der Waals surface area contributed by atoms with Crippen LogP contribution in [0.25, 0.3) is 0 Å². The zero-order valence-corrected chi connectivity index (χ0v) is 7.64. The lowest BCUT2D eigenvalue weighted by Crippen LogP contribution is -2.22. The molecule has 1 radical (unpaired) electrons. The van der Waals surface area contributed by atoms with Crippen molar-refractivity contribution >= 4 is 0 Å². The third-order valence-corrected chi connectivity index (χ3v) is 2.75. The fourth-order valence-electron chi connectivity index (χ4n) is 2.21. The summed E-state index contributed by atoms with van der Waals surface area (Å²) in [5.74, 6) is 0.740. The Morgan fingerprint density at radius 1 is 1.55 bits per heavy atom. The van der Waals surface area contributed by atoms with Crippen LogP contribution in [0.15, 0.2) is 0 Å². The molecule has 65 valence electrons. The number of aliphatic hydroxyl groups is 1. The molecule has 0 aromatic carbocycles. The largest absolute Gasteiger partial charge is 0.390 e. The van der Waals surface area contributed by atoms with E-state index < -0.39 is 0 Å². The van der Waals surface area contributed by atoms with Crippen LogP contribution in [-0.4, -0.2) is 5.11 Å². The summed E-state index contributed by atoms with van der Waals surface area (Å²) >= 11 is 0. The van der Waals surface area contributed by atoms with Crippen LogP contribution in [0.5, 0.6) is 0 Å². The zero-order chi connectivity index (χ0) is 8.32. The number of hydrogen-bond donors (Lipinski definition) is 1. The van der Waals surface area contributed by atoms with Gasteiger partial charge in [0.2, 0.25) is 0 Å². The van der Waals surface area contributed by atoms with E-state index in [1.807, 2.05) is 0 Å². The molecule has 1 atom stereocenters. The molecule has 1 fully saturated rings. The molecular formula is C10H19O. The van der Waals surface area contributed by atoms with Gasteiger partial charge in [-0.25, -0.2) is 0 Å². The van der Waals surface area contributed by atoms with Crippen LogP contribution in [0.1, 0.15) is 46.0 Å². The second-order valence-corrected chi connectivity index (χ2v) is 4.54. The van der Waals surface area contributed by atoms with Crippen molar-refractivity contribution in [2.75, 3.05) is 0 Å². The fourth-order valence-corrected chi connectivity index (χ4v) is 2.21. The quantitative estimate of drug-likeness (QED) is 0.649. The highest BCUT2D eigenvalue weighted by Gasteiger charge is 2.27. The summed E-state index contributed by atoms with van der Waals surface area (Å²) in [6.07, 6.45) is 6.18. The Kier molecular flexibility index (Phi) is 2.94. The first-order chi connectivity index (χ1) is 5.14. The molecule has 11 heavy (non-hydrogen) atoms. The van der Waals surface area contributed by atoms with Gasteiger partial charge >= 0.3 is 0 Å². The van der Waals surface area contributed by atoms with Gasteiger partial charge in [-0.05, 0) is 30.6 Å². The van der Waals surface area contributed by atoms with Crippen molar-refractivity contribution in [1.29, 1.82) is 0 Å². The van der Waals surface area contributed by atoms with E-state index in [0.29, 0.717) is 5.41 Å². The molecule has 1 aliphatic carbocycles. The first-order valence-electron chi connectivity index (χ1n) is 4.60. The maximum Gasteiger partial charge on any atom is 0.0801 e. The van der Waals surface area contributed by atoms with Gasteiger partial charge in [0, 0.05) is 0 Å². The van der Waals surface area contributed by atoms with Gasteiger partial charge in [0.15, 0.2) is 0 Å². The summed E-state index contributed by atoms with van der Waals surface area (Å²) < 4.78 is 0. The lowest BCUT2D eigenvalue weighted by molar-refractivity contribution is 0.167. The molecule has 1 unspecified atom stereocenters. The molecule has 0 bridgehead atoms. The predicted octanol–water partition coefficient (Wildman–Crippen LogP) is 3.13. The van der Waals surface area contributed by atoms with E-state index in [1.165, 1.54) is 32.3 Å². The predicted molar refractivity (Wildman–Crippen MR) is 46.6 cm³/mol. The first-order valence-corrected chi connectivity index (χ1v) is 4.60. The average molecular weight is 155 g/mol. The van der Waals surface area contributed by atoms with E-state index in [2.05, 4.69) is 13.8 Å². The molecule has 1 aliphatic rings. The lowest BCUT2D eigenvalue weighted by atomic mass is 9.71. The molecule has 1 N–H and O–H groups in total. The van der Waals surface area contributed by atoms with E-state index in [4.69, 9.17) is 5.11 Å². The Balaban J connectivity index is 2.34. The Hall–Kier alpha value is -0.0400. The Morgan fingerprint density at radius 3 is 2.82 bits per heavy atom. The van der Waals surface area contributed by atoms with Crippen molar-refractivity contribution in [2.45, 2.75) is 46.0 Å². The van der Waals surface area contributed by atoms with Gasteiger partial charge in [-0.1, -0.05) is 26.7 Å². The van der Waals surface area contributed by atoms with Crippen molar-refractivity contribution in [2.24, 2.45) is 11.3 Å². The Morgan fingerprint density at radius 2 is 2.27 bits per heavy atom. The monoisotopic (exact) mass is 155 g/mol. The van der Waals surface area contributed by atoms with Crippen LogP contribution < -0.4 is 0 Å². The minimum Gasteiger partial charge on any atom is -0.390 e. The average Bonchev–Trinajstić information content (AvgIpc) is 1.85. The van der Waals surface area contributed by atoms with Crippen molar-refractivity contribution in [1.82, 2.24) is 0 Å². The van der Waals surface area contributed by atoms with E-state index in [-0.39, 0.29) is 0 Å². The van der Waals surface area contributed by atoms with Gasteiger partial charge in [-0.15, -0.1) is 0 Å². The summed E-state index contributed by atoms with van der Waals surface area (Å²) in [5, 5.41) is 8.66. The molecule has 0 aromatic rings. The number of hydrogen-bond acceptors (Lipinski definition) is 1. The summed E-state index contributed by atoms with van der Waals surface area (Å²) in [6.45, 7) is 5.99. The highest BCUT2D eigenvalue weighted by Crippen LogP contribution is 2.39. The molecule has 0 aromatic heterocycles. The van der Waals surface area contributed by atoms with Crippen molar-refractivity contribution in [3.05, 3.63) is 6.61 Å². The summed E-state index contributed by atoms with van der Waals surface area (Å²) in [6, 6.07) is 0. The molecule has 0 amide bonds. The Labute approximate surface area is 69.8 Å². The molecule has 1 heteroatoms.